The van der Waals surface area contributed by atoms with Gasteiger partial charge in [-0.25, -0.2) is 0 Å². The molecule has 7 heteroatoms. The third kappa shape index (κ3) is 13.6. The first-order chi connectivity index (χ1) is 15.7. The average Bonchev–Trinajstić information content (AvgIpc) is 2.79. The number of benzene rings is 2. The molecule has 0 bridgehead atoms. The summed E-state index contributed by atoms with van der Waals surface area (Å²) in [6.45, 7) is 2.20. The Labute approximate surface area is 217 Å². The summed E-state index contributed by atoms with van der Waals surface area (Å²) in [6.07, 6.45) is 9.97. The average molecular weight is 680 g/mol. The molecule has 0 saturated carbocycles. The van der Waals surface area contributed by atoms with Crippen LogP contribution in [0, 0.1) is 6.08 Å². The Balaban J connectivity index is 0.00000125. The molecule has 0 spiro atoms. The van der Waals surface area contributed by atoms with E-state index in [-0.39, 0.29) is 5.91 Å². The van der Waals surface area contributed by atoms with Crippen LogP contribution in [-0.4, -0.2) is 36.1 Å². The van der Waals surface area contributed by atoms with Gasteiger partial charge in [-0.05, 0) is 24.8 Å². The summed E-state index contributed by atoms with van der Waals surface area (Å²) in [7, 11) is 18.5. The van der Waals surface area contributed by atoms with Gasteiger partial charge in [-0.3, -0.25) is 4.79 Å². The van der Waals surface area contributed by atoms with Gasteiger partial charge in [0.05, 0.1) is 6.10 Å². The number of unbranched alkanes of at least 4 members (excludes halogenated alkanes) is 3. The van der Waals surface area contributed by atoms with Crippen LogP contribution in [0.5, 0.6) is 0 Å². The molecule has 0 saturated heterocycles. The number of nitrogens with zero attached hydrogens (tertiary/aromatic N) is 1. The van der Waals surface area contributed by atoms with Crippen LogP contribution >= 0.6 is 27.6 Å². The molecule has 2 rings (SSSR count). The van der Waals surface area contributed by atoms with E-state index in [1.165, 1.54) is 24.8 Å². The summed E-state index contributed by atoms with van der Waals surface area (Å²) < 4.78 is 0. The van der Waals surface area contributed by atoms with Gasteiger partial charge in [-0.2, -0.15) is 23.8 Å². The minimum absolute atomic E-state index is 0.0109. The van der Waals surface area contributed by atoms with E-state index in [1.54, 1.807) is 19.0 Å². The van der Waals surface area contributed by atoms with Crippen molar-refractivity contribution in [1.82, 2.24) is 4.90 Å². The van der Waals surface area contributed by atoms with E-state index in [0.29, 0.717) is 12.0 Å². The molecule has 1 unspecified atom stereocenters. The molecule has 0 heterocycles. The number of amides is 1. The van der Waals surface area contributed by atoms with Crippen LogP contribution in [0.15, 0.2) is 60.2 Å². The Morgan fingerprint density at radius 3 is 2.15 bits per heavy atom. The van der Waals surface area contributed by atoms with Gasteiger partial charge >= 0.3 is 42.8 Å². The second-order valence-corrected chi connectivity index (χ2v) is 21.9. The van der Waals surface area contributed by atoms with E-state index in [0.717, 1.165) is 30.4 Å². The first-order valence-corrected chi connectivity index (χ1v) is 23.1. The molecule has 1 N–H and O–H groups in total. The number of hydrogen-bond donors (Lipinski definition) is 1. The first-order valence-electron chi connectivity index (χ1n) is 11.2. The molecule has 2 aromatic rings. The maximum atomic E-state index is 12.1. The van der Waals surface area contributed by atoms with Crippen LogP contribution in [0.3, 0.4) is 0 Å². The Morgan fingerprint density at radius 1 is 1.00 bits per heavy atom. The van der Waals surface area contributed by atoms with Crippen molar-refractivity contribution < 1.29 is 25.1 Å². The van der Waals surface area contributed by atoms with E-state index in [1.807, 2.05) is 42.5 Å². The van der Waals surface area contributed by atoms with Gasteiger partial charge in [0.1, 0.15) is 0 Å². The summed E-state index contributed by atoms with van der Waals surface area (Å²) in [5.41, 5.74) is 3.77. The first kappa shape index (κ1) is 30.3. The van der Waals surface area contributed by atoms with Gasteiger partial charge in [0.25, 0.3) is 5.91 Å². The fraction of sp³-hybridized carbons (Fsp3) is 0.423. The van der Waals surface area contributed by atoms with E-state index >= 15 is 0 Å². The zero-order chi connectivity index (χ0) is 24.6. The summed E-state index contributed by atoms with van der Waals surface area (Å²) >= 11 is -2.18. The zero-order valence-electron chi connectivity index (χ0n) is 19.6. The van der Waals surface area contributed by atoms with Crippen molar-refractivity contribution in [2.45, 2.75) is 58.0 Å². The predicted octanol–water partition coefficient (Wildman–Crippen LogP) is 7.50. The standard InChI is InChI=1S/C26H34NO2.3ClH.Ta/c1-4-5-6-10-13-24(25(28)19-16-21-11-8-7-9-12-21)20-22-14-17-23(18-15-22)26(29)27(2)3;;;;/h7-9,11-12,14-15,17-18,25,28H,4-6,10,13,16,19H2,1-3H3;3*1H;/q-1;;;;+3/p-3. The number of carbonyl (C=O) groups excluding carboxylic acids is 1. The van der Waals surface area contributed by atoms with Crippen molar-refractivity contribution in [2.24, 2.45) is 0 Å². The Hall–Kier alpha value is -0.780. The molecule has 0 aliphatic carbocycles. The van der Waals surface area contributed by atoms with Gasteiger partial charge in [0.2, 0.25) is 0 Å². The van der Waals surface area contributed by atoms with Gasteiger partial charge in [0.15, 0.2) is 0 Å². The predicted molar refractivity (Wildman–Crippen MR) is 137 cm³/mol. The van der Waals surface area contributed by atoms with Gasteiger partial charge in [-0.15, -0.1) is 17.7 Å². The monoisotopic (exact) mass is 678 g/mol. The van der Waals surface area contributed by atoms with Crippen molar-refractivity contribution in [3.63, 3.8) is 0 Å². The summed E-state index contributed by atoms with van der Waals surface area (Å²) in [5, 5.41) is 10.8. The Kier molecular flexibility index (Phi) is 16.2. The Morgan fingerprint density at radius 2 is 1.61 bits per heavy atom. The summed E-state index contributed by atoms with van der Waals surface area (Å²) in [6, 6.07) is 17.8. The topological polar surface area (TPSA) is 40.5 Å². The second kappa shape index (κ2) is 17.6. The minimum atomic E-state index is -2.18. The number of hydrogen-bond acceptors (Lipinski definition) is 2. The van der Waals surface area contributed by atoms with Gasteiger partial charge in [-0.1, -0.05) is 62.9 Å². The second-order valence-electron chi connectivity index (χ2n) is 7.97. The number of halogens is 3. The normalized spacial score (nSPS) is 12.2. The molecule has 0 aromatic heterocycles. The maximum absolute atomic E-state index is 12.1. The van der Waals surface area contributed by atoms with Crippen molar-refractivity contribution in [2.75, 3.05) is 14.1 Å². The van der Waals surface area contributed by atoms with Crippen LogP contribution in [0.4, 0.5) is 0 Å². The molecule has 1 atom stereocenters. The van der Waals surface area contributed by atoms with Crippen LogP contribution < -0.4 is 0 Å². The van der Waals surface area contributed by atoms with Crippen molar-refractivity contribution >= 4 is 33.5 Å². The van der Waals surface area contributed by atoms with E-state index in [4.69, 9.17) is 27.6 Å². The van der Waals surface area contributed by atoms with E-state index in [2.05, 4.69) is 25.1 Å². The summed E-state index contributed by atoms with van der Waals surface area (Å²) in [5.74, 6) is -0.0109. The molecule has 182 valence electrons. The number of aryl methyl sites for hydroxylation is 1. The van der Waals surface area contributed by atoms with Crippen molar-refractivity contribution in [3.05, 3.63) is 82.9 Å². The SMILES string of the molecule is CCCCCCC(=[C-]c1ccc(C(=O)N(C)C)cc1)C(O)CCc1ccccc1.[Cl][Ta]([Cl])[Cl]. The molecule has 1 amide bonds. The number of aliphatic hydroxyl groups is 1. The zero-order valence-corrected chi connectivity index (χ0v) is 25.1. The molecule has 2 aromatic carbocycles. The fourth-order valence-corrected chi connectivity index (χ4v) is 3.32. The number of rotatable bonds is 11. The van der Waals surface area contributed by atoms with E-state index < -0.39 is 21.3 Å². The third-order valence-corrected chi connectivity index (χ3v) is 5.09. The number of carbonyl (C=O) groups is 1. The van der Waals surface area contributed by atoms with Crippen LogP contribution in [0.25, 0.3) is 0 Å². The molecule has 0 radical (unpaired) electrons. The molecular weight excluding hydrogens is 646 g/mol. The van der Waals surface area contributed by atoms with Crippen LogP contribution in [0.1, 0.15) is 66.9 Å². The molecular formula is C26H34Cl3NO2Ta-. The molecule has 0 aliphatic heterocycles. The summed E-state index contributed by atoms with van der Waals surface area (Å²) in [4.78, 5) is 13.6. The van der Waals surface area contributed by atoms with Crippen LogP contribution in [0.2, 0.25) is 0 Å². The molecule has 0 fully saturated rings. The quantitative estimate of drug-likeness (QED) is 0.198. The van der Waals surface area contributed by atoms with Crippen molar-refractivity contribution in [3.8, 4) is 0 Å². The van der Waals surface area contributed by atoms with Gasteiger partial charge < -0.3 is 10.0 Å². The molecule has 0 aliphatic rings. The van der Waals surface area contributed by atoms with Crippen molar-refractivity contribution in [1.29, 1.82) is 0 Å². The van der Waals surface area contributed by atoms with Crippen LogP contribution in [-0.2, 0) is 21.6 Å². The van der Waals surface area contributed by atoms with E-state index in [9.17, 15) is 9.90 Å². The number of aliphatic hydroxyl groups excluding tert-OH is 1. The van der Waals surface area contributed by atoms with Gasteiger partial charge in [0, 0.05) is 19.7 Å². The fourth-order valence-electron chi connectivity index (χ4n) is 3.32. The third-order valence-electron chi connectivity index (χ3n) is 5.09. The Bertz CT molecular complexity index is 824. The molecule has 33 heavy (non-hydrogen) atoms. The molecule has 3 nitrogen and oxygen atoms in total.